The van der Waals surface area contributed by atoms with Gasteiger partial charge >= 0.3 is 0 Å². The van der Waals surface area contributed by atoms with Gasteiger partial charge in [0.25, 0.3) is 0 Å². The fraction of sp³-hybridized carbons (Fsp3) is 0.571. The summed E-state index contributed by atoms with van der Waals surface area (Å²) >= 11 is 0. The molecule has 5 nitrogen and oxygen atoms in total. The maximum absolute atomic E-state index is 12.3. The molecule has 1 aromatic rings. The van der Waals surface area contributed by atoms with E-state index < -0.39 is 10.0 Å². The largest absolute Gasteiger partial charge is 0.497 e. The van der Waals surface area contributed by atoms with Crippen LogP contribution in [-0.4, -0.2) is 34.7 Å². The highest BCUT2D eigenvalue weighted by molar-refractivity contribution is 7.89. The summed E-state index contributed by atoms with van der Waals surface area (Å²) in [7, 11) is 0.00868. The molecule has 0 unspecified atom stereocenters. The molecule has 0 spiro atoms. The van der Waals surface area contributed by atoms with Crippen LogP contribution in [0.4, 0.5) is 0 Å². The minimum Gasteiger partial charge on any atom is -0.497 e. The van der Waals surface area contributed by atoms with Crippen molar-refractivity contribution in [2.45, 2.75) is 42.7 Å². The molecule has 2 rings (SSSR count). The highest BCUT2D eigenvalue weighted by Gasteiger charge is 2.25. The summed E-state index contributed by atoms with van der Waals surface area (Å²) in [5, 5.41) is 3.24. The quantitative estimate of drug-likeness (QED) is 0.864. The Kier molecular flexibility index (Phi) is 5.01. The second-order valence-corrected chi connectivity index (χ2v) is 6.85. The first-order valence-corrected chi connectivity index (χ1v) is 8.37. The van der Waals surface area contributed by atoms with E-state index in [9.17, 15) is 8.42 Å². The zero-order valence-electron chi connectivity index (χ0n) is 11.9. The van der Waals surface area contributed by atoms with Crippen molar-refractivity contribution < 1.29 is 13.2 Å². The average Bonchev–Trinajstić information content (AvgIpc) is 2.48. The summed E-state index contributed by atoms with van der Waals surface area (Å²) in [6, 6.07) is 7.08. The molecule has 112 valence electrons. The van der Waals surface area contributed by atoms with Gasteiger partial charge in [-0.15, -0.1) is 0 Å². The molecule has 0 aliphatic heterocycles. The van der Waals surface area contributed by atoms with Crippen LogP contribution in [0.15, 0.2) is 29.2 Å². The lowest BCUT2D eigenvalue weighted by molar-refractivity contribution is 0.342. The summed E-state index contributed by atoms with van der Waals surface area (Å²) in [5.41, 5.74) is 0. The predicted octanol–water partition coefficient (Wildman–Crippen LogP) is 1.50. The lowest BCUT2D eigenvalue weighted by Gasteiger charge is -2.28. The van der Waals surface area contributed by atoms with Gasteiger partial charge < -0.3 is 10.1 Å². The molecule has 0 radical (unpaired) electrons. The Morgan fingerprint density at radius 3 is 2.40 bits per heavy atom. The molecule has 1 aliphatic rings. The number of rotatable bonds is 5. The minimum absolute atomic E-state index is 0.0239. The highest BCUT2D eigenvalue weighted by Crippen LogP contribution is 2.22. The number of sulfonamides is 1. The molecule has 2 N–H and O–H groups in total. The number of hydrogen-bond donors (Lipinski definition) is 2. The fourth-order valence-corrected chi connectivity index (χ4v) is 3.90. The molecule has 0 heterocycles. The van der Waals surface area contributed by atoms with E-state index in [1.807, 2.05) is 7.05 Å². The molecule has 1 fully saturated rings. The lowest BCUT2D eigenvalue weighted by atomic mass is 9.92. The van der Waals surface area contributed by atoms with Gasteiger partial charge in [0.15, 0.2) is 0 Å². The molecular formula is C14H22N2O3S. The van der Waals surface area contributed by atoms with Crippen LogP contribution >= 0.6 is 0 Å². The standard InChI is InChI=1S/C14H22N2O3S/c1-15-11-6-8-12(9-7-11)16-20(17,18)14-5-3-4-13(10-14)19-2/h3-5,10-12,15-16H,6-9H2,1-2H3. The molecule has 1 aliphatic carbocycles. The third-order valence-electron chi connectivity index (χ3n) is 3.81. The number of ether oxygens (including phenoxy) is 1. The van der Waals surface area contributed by atoms with Gasteiger partial charge in [0.05, 0.1) is 12.0 Å². The van der Waals surface area contributed by atoms with E-state index in [1.165, 1.54) is 7.11 Å². The van der Waals surface area contributed by atoms with Gasteiger partial charge in [-0.05, 0) is 44.9 Å². The number of nitrogens with one attached hydrogen (secondary N) is 2. The minimum atomic E-state index is -3.47. The fourth-order valence-electron chi connectivity index (χ4n) is 2.56. The zero-order chi connectivity index (χ0) is 14.6. The Morgan fingerprint density at radius 2 is 1.80 bits per heavy atom. The van der Waals surface area contributed by atoms with Gasteiger partial charge in [0, 0.05) is 18.2 Å². The number of methoxy groups -OCH3 is 1. The van der Waals surface area contributed by atoms with Crippen molar-refractivity contribution in [2.75, 3.05) is 14.2 Å². The van der Waals surface area contributed by atoms with Crippen LogP contribution in [-0.2, 0) is 10.0 Å². The molecule has 6 heteroatoms. The average molecular weight is 298 g/mol. The van der Waals surface area contributed by atoms with Crippen molar-refractivity contribution in [3.8, 4) is 5.75 Å². The van der Waals surface area contributed by atoms with E-state index in [-0.39, 0.29) is 10.9 Å². The predicted molar refractivity (Wildman–Crippen MR) is 78.4 cm³/mol. The van der Waals surface area contributed by atoms with Crippen molar-refractivity contribution in [2.24, 2.45) is 0 Å². The molecule has 20 heavy (non-hydrogen) atoms. The highest BCUT2D eigenvalue weighted by atomic mass is 32.2. The van der Waals surface area contributed by atoms with Gasteiger partial charge in [0.1, 0.15) is 5.75 Å². The van der Waals surface area contributed by atoms with Crippen molar-refractivity contribution >= 4 is 10.0 Å². The molecule has 0 bridgehead atoms. The Balaban J connectivity index is 2.04. The Labute approximate surface area is 120 Å². The van der Waals surface area contributed by atoms with Gasteiger partial charge in [-0.2, -0.15) is 0 Å². The van der Waals surface area contributed by atoms with Crippen LogP contribution in [0.25, 0.3) is 0 Å². The van der Waals surface area contributed by atoms with Crippen LogP contribution in [0.5, 0.6) is 5.75 Å². The van der Waals surface area contributed by atoms with Crippen LogP contribution in [0, 0.1) is 0 Å². The first kappa shape index (κ1) is 15.3. The van der Waals surface area contributed by atoms with E-state index in [1.54, 1.807) is 24.3 Å². The van der Waals surface area contributed by atoms with Crippen molar-refractivity contribution in [3.63, 3.8) is 0 Å². The first-order chi connectivity index (χ1) is 9.55. The Hall–Kier alpha value is -1.11. The van der Waals surface area contributed by atoms with Crippen LogP contribution in [0.2, 0.25) is 0 Å². The van der Waals surface area contributed by atoms with Gasteiger partial charge in [-0.1, -0.05) is 6.07 Å². The summed E-state index contributed by atoms with van der Waals surface area (Å²) in [6.45, 7) is 0. The summed E-state index contributed by atoms with van der Waals surface area (Å²) in [4.78, 5) is 0.257. The number of hydrogen-bond acceptors (Lipinski definition) is 4. The molecule has 0 atom stereocenters. The monoisotopic (exact) mass is 298 g/mol. The number of benzene rings is 1. The van der Waals surface area contributed by atoms with Crippen molar-refractivity contribution in [3.05, 3.63) is 24.3 Å². The maximum Gasteiger partial charge on any atom is 0.240 e. The lowest BCUT2D eigenvalue weighted by Crippen LogP contribution is -2.41. The zero-order valence-corrected chi connectivity index (χ0v) is 12.7. The normalized spacial score (nSPS) is 23.5. The first-order valence-electron chi connectivity index (χ1n) is 6.89. The van der Waals surface area contributed by atoms with Crippen LogP contribution < -0.4 is 14.8 Å². The molecule has 0 amide bonds. The smallest absolute Gasteiger partial charge is 0.240 e. The van der Waals surface area contributed by atoms with Crippen LogP contribution in [0.1, 0.15) is 25.7 Å². The van der Waals surface area contributed by atoms with E-state index in [0.717, 1.165) is 25.7 Å². The summed E-state index contributed by atoms with van der Waals surface area (Å²) in [6.07, 6.45) is 3.74. The van der Waals surface area contributed by atoms with E-state index in [2.05, 4.69) is 10.0 Å². The Bertz CT molecular complexity index is 537. The van der Waals surface area contributed by atoms with E-state index in [0.29, 0.717) is 11.8 Å². The van der Waals surface area contributed by atoms with Gasteiger partial charge in [0.2, 0.25) is 10.0 Å². The second kappa shape index (κ2) is 6.56. The third kappa shape index (κ3) is 3.71. The summed E-state index contributed by atoms with van der Waals surface area (Å²) in [5.74, 6) is 0.548. The van der Waals surface area contributed by atoms with E-state index in [4.69, 9.17) is 4.74 Å². The van der Waals surface area contributed by atoms with Crippen molar-refractivity contribution in [1.82, 2.24) is 10.0 Å². The van der Waals surface area contributed by atoms with Gasteiger partial charge in [-0.3, -0.25) is 0 Å². The molecule has 0 saturated heterocycles. The van der Waals surface area contributed by atoms with Gasteiger partial charge in [-0.25, -0.2) is 13.1 Å². The molecule has 1 saturated carbocycles. The molecule has 1 aromatic carbocycles. The van der Waals surface area contributed by atoms with E-state index >= 15 is 0 Å². The molecular weight excluding hydrogens is 276 g/mol. The topological polar surface area (TPSA) is 67.4 Å². The third-order valence-corrected chi connectivity index (χ3v) is 5.33. The summed E-state index contributed by atoms with van der Waals surface area (Å²) < 4.78 is 32.5. The SMILES string of the molecule is CNC1CCC(NS(=O)(=O)c2cccc(OC)c2)CC1. The second-order valence-electron chi connectivity index (χ2n) is 5.14. The molecule has 0 aromatic heterocycles. The van der Waals surface area contributed by atoms with Crippen molar-refractivity contribution in [1.29, 1.82) is 0 Å². The Morgan fingerprint density at radius 1 is 1.15 bits per heavy atom. The maximum atomic E-state index is 12.3. The van der Waals surface area contributed by atoms with Crippen LogP contribution in [0.3, 0.4) is 0 Å².